The zero-order valence-electron chi connectivity index (χ0n) is 17.5. The van der Waals surface area contributed by atoms with Gasteiger partial charge in [0.1, 0.15) is 11.9 Å². The third-order valence-electron chi connectivity index (χ3n) is 6.17. The molecule has 160 valence electrons. The van der Waals surface area contributed by atoms with Gasteiger partial charge in [-0.2, -0.15) is 0 Å². The van der Waals surface area contributed by atoms with Crippen molar-refractivity contribution in [1.82, 2.24) is 4.90 Å². The first-order valence-electron chi connectivity index (χ1n) is 10.5. The SMILES string of the molecule is COc1ccccc1O[C@@H]1C[C@@H]2CN(C(=O)COc3ccc(C)cc3)C[C@@H]2C[C@H]1O. The molecule has 1 N–H and O–H groups in total. The predicted octanol–water partition coefficient (Wildman–Crippen LogP) is 3.06. The number of amides is 1. The lowest BCUT2D eigenvalue weighted by molar-refractivity contribution is -0.132. The van der Waals surface area contributed by atoms with Crippen LogP contribution in [0.3, 0.4) is 0 Å². The molecule has 1 heterocycles. The van der Waals surface area contributed by atoms with E-state index in [1.165, 1.54) is 0 Å². The Balaban J connectivity index is 1.33. The van der Waals surface area contributed by atoms with Gasteiger partial charge in [0, 0.05) is 13.1 Å². The highest BCUT2D eigenvalue weighted by Crippen LogP contribution is 2.39. The number of para-hydroxylation sites is 2. The summed E-state index contributed by atoms with van der Waals surface area (Å²) in [5, 5.41) is 10.6. The molecule has 6 nitrogen and oxygen atoms in total. The number of nitrogens with zero attached hydrogens (tertiary/aromatic N) is 1. The minimum absolute atomic E-state index is 0.0124. The number of benzene rings is 2. The normalized spacial score (nSPS) is 25.5. The van der Waals surface area contributed by atoms with Crippen LogP contribution >= 0.6 is 0 Å². The maximum atomic E-state index is 12.7. The quantitative estimate of drug-likeness (QED) is 0.791. The van der Waals surface area contributed by atoms with Crippen LogP contribution in [0.4, 0.5) is 0 Å². The molecular formula is C24H29NO5. The monoisotopic (exact) mass is 411 g/mol. The van der Waals surface area contributed by atoms with E-state index in [1.54, 1.807) is 7.11 Å². The van der Waals surface area contributed by atoms with Crippen molar-refractivity contribution < 1.29 is 24.1 Å². The molecule has 2 aliphatic rings. The van der Waals surface area contributed by atoms with Gasteiger partial charge in [0.15, 0.2) is 18.1 Å². The Morgan fingerprint density at radius 3 is 2.40 bits per heavy atom. The van der Waals surface area contributed by atoms with Gasteiger partial charge < -0.3 is 24.2 Å². The van der Waals surface area contributed by atoms with E-state index in [4.69, 9.17) is 14.2 Å². The number of aliphatic hydroxyl groups excluding tert-OH is 1. The summed E-state index contributed by atoms with van der Waals surface area (Å²) in [6.45, 7) is 3.39. The maximum Gasteiger partial charge on any atom is 0.260 e. The standard InChI is InChI=1S/C24H29NO5/c1-16-7-9-19(10-8-16)29-15-24(27)25-13-17-11-20(26)23(12-18(17)14-25)30-22-6-4-3-5-21(22)28-2/h3-10,17-18,20,23,26H,11-15H2,1-2H3/t17-,18+,20+,23+/m0/s1. The molecule has 1 aliphatic carbocycles. The van der Waals surface area contributed by atoms with Crippen LogP contribution < -0.4 is 14.2 Å². The van der Waals surface area contributed by atoms with E-state index in [0.29, 0.717) is 55.0 Å². The summed E-state index contributed by atoms with van der Waals surface area (Å²) in [4.78, 5) is 14.5. The molecule has 1 saturated heterocycles. The fourth-order valence-corrected chi connectivity index (χ4v) is 4.47. The van der Waals surface area contributed by atoms with Gasteiger partial charge in [-0.25, -0.2) is 0 Å². The second-order valence-electron chi connectivity index (χ2n) is 8.27. The minimum Gasteiger partial charge on any atom is -0.493 e. The summed E-state index contributed by atoms with van der Waals surface area (Å²) < 4.78 is 17.1. The third-order valence-corrected chi connectivity index (χ3v) is 6.17. The molecule has 0 spiro atoms. The van der Waals surface area contributed by atoms with Crippen LogP contribution in [0.1, 0.15) is 18.4 Å². The first-order valence-corrected chi connectivity index (χ1v) is 10.5. The largest absolute Gasteiger partial charge is 0.493 e. The topological polar surface area (TPSA) is 68.2 Å². The lowest BCUT2D eigenvalue weighted by Gasteiger charge is -2.35. The van der Waals surface area contributed by atoms with Crippen LogP contribution in [-0.2, 0) is 4.79 Å². The Bertz CT molecular complexity index is 868. The van der Waals surface area contributed by atoms with Crippen molar-refractivity contribution in [3.63, 3.8) is 0 Å². The summed E-state index contributed by atoms with van der Waals surface area (Å²) in [5.74, 6) is 2.59. The lowest BCUT2D eigenvalue weighted by Crippen LogP contribution is -2.42. The molecule has 1 saturated carbocycles. The smallest absolute Gasteiger partial charge is 0.260 e. The van der Waals surface area contributed by atoms with Crippen molar-refractivity contribution in [3.8, 4) is 17.2 Å². The van der Waals surface area contributed by atoms with Crippen LogP contribution in [0, 0.1) is 18.8 Å². The number of rotatable bonds is 6. The molecule has 4 rings (SSSR count). The molecule has 2 fully saturated rings. The van der Waals surface area contributed by atoms with E-state index < -0.39 is 6.10 Å². The van der Waals surface area contributed by atoms with E-state index in [-0.39, 0.29) is 18.6 Å². The van der Waals surface area contributed by atoms with Gasteiger partial charge in [0.05, 0.1) is 13.2 Å². The van der Waals surface area contributed by atoms with Crippen molar-refractivity contribution in [2.45, 2.75) is 32.0 Å². The van der Waals surface area contributed by atoms with E-state index in [0.717, 1.165) is 5.56 Å². The number of ether oxygens (including phenoxy) is 3. The summed E-state index contributed by atoms with van der Waals surface area (Å²) in [7, 11) is 1.61. The van der Waals surface area contributed by atoms with Crippen LogP contribution in [-0.4, -0.2) is 54.9 Å². The van der Waals surface area contributed by atoms with E-state index in [1.807, 2.05) is 60.4 Å². The van der Waals surface area contributed by atoms with Gasteiger partial charge in [-0.1, -0.05) is 29.8 Å². The van der Waals surface area contributed by atoms with Crippen molar-refractivity contribution in [1.29, 1.82) is 0 Å². The molecule has 0 aromatic heterocycles. The fourth-order valence-electron chi connectivity index (χ4n) is 4.47. The minimum atomic E-state index is -0.560. The highest BCUT2D eigenvalue weighted by molar-refractivity contribution is 5.78. The Labute approximate surface area is 177 Å². The van der Waals surface area contributed by atoms with Gasteiger partial charge in [-0.15, -0.1) is 0 Å². The summed E-state index contributed by atoms with van der Waals surface area (Å²) in [6.07, 6.45) is 0.482. The number of carbonyl (C=O) groups is 1. The average molecular weight is 411 g/mol. The number of methoxy groups -OCH3 is 1. The Morgan fingerprint density at radius 1 is 1.03 bits per heavy atom. The molecule has 0 bridgehead atoms. The summed E-state index contributed by atoms with van der Waals surface area (Å²) in [5.41, 5.74) is 1.15. The van der Waals surface area contributed by atoms with Crippen molar-refractivity contribution >= 4 is 5.91 Å². The summed E-state index contributed by atoms with van der Waals surface area (Å²) >= 11 is 0. The molecule has 30 heavy (non-hydrogen) atoms. The first kappa shape index (κ1) is 20.5. The second kappa shape index (κ2) is 8.96. The Morgan fingerprint density at radius 2 is 1.70 bits per heavy atom. The second-order valence-corrected chi connectivity index (χ2v) is 8.27. The highest BCUT2D eigenvalue weighted by atomic mass is 16.5. The van der Waals surface area contributed by atoms with Crippen molar-refractivity contribution in [3.05, 3.63) is 54.1 Å². The fraction of sp³-hybridized carbons (Fsp3) is 0.458. The molecular weight excluding hydrogens is 382 g/mol. The molecule has 0 unspecified atom stereocenters. The summed E-state index contributed by atoms with van der Waals surface area (Å²) in [6, 6.07) is 15.2. The Kier molecular flexibility index (Phi) is 6.13. The number of hydrogen-bond donors (Lipinski definition) is 1. The van der Waals surface area contributed by atoms with E-state index in [9.17, 15) is 9.90 Å². The van der Waals surface area contributed by atoms with Crippen LogP contribution in [0.5, 0.6) is 17.2 Å². The van der Waals surface area contributed by atoms with Crippen LogP contribution in [0.15, 0.2) is 48.5 Å². The van der Waals surface area contributed by atoms with E-state index >= 15 is 0 Å². The first-order chi connectivity index (χ1) is 14.5. The Hall–Kier alpha value is -2.73. The van der Waals surface area contributed by atoms with E-state index in [2.05, 4.69) is 0 Å². The predicted molar refractivity (Wildman–Crippen MR) is 113 cm³/mol. The van der Waals surface area contributed by atoms with Crippen LogP contribution in [0.25, 0.3) is 0 Å². The van der Waals surface area contributed by atoms with Gasteiger partial charge in [-0.3, -0.25) is 4.79 Å². The molecule has 2 aromatic carbocycles. The third kappa shape index (κ3) is 4.54. The molecule has 1 aliphatic heterocycles. The van der Waals surface area contributed by atoms with Crippen molar-refractivity contribution in [2.24, 2.45) is 11.8 Å². The maximum absolute atomic E-state index is 12.7. The molecule has 6 heteroatoms. The highest BCUT2D eigenvalue weighted by Gasteiger charge is 2.44. The van der Waals surface area contributed by atoms with Gasteiger partial charge >= 0.3 is 0 Å². The molecule has 2 aromatic rings. The van der Waals surface area contributed by atoms with Gasteiger partial charge in [-0.05, 0) is 55.9 Å². The number of aliphatic hydroxyl groups is 1. The zero-order valence-corrected chi connectivity index (χ0v) is 17.5. The number of fused-ring (bicyclic) bond motifs is 1. The average Bonchev–Trinajstić information content (AvgIpc) is 3.16. The van der Waals surface area contributed by atoms with Gasteiger partial charge in [0.25, 0.3) is 5.91 Å². The zero-order chi connectivity index (χ0) is 21.1. The van der Waals surface area contributed by atoms with Crippen molar-refractivity contribution in [2.75, 3.05) is 26.8 Å². The molecule has 1 amide bonds. The molecule has 0 radical (unpaired) electrons. The number of carbonyl (C=O) groups excluding carboxylic acids is 1. The number of hydrogen-bond acceptors (Lipinski definition) is 5. The molecule has 4 atom stereocenters. The number of likely N-dealkylation sites (tertiary alicyclic amines) is 1. The van der Waals surface area contributed by atoms with Gasteiger partial charge in [0.2, 0.25) is 0 Å². The lowest BCUT2D eigenvalue weighted by atomic mass is 9.78. The number of aryl methyl sites for hydroxylation is 1. The van der Waals surface area contributed by atoms with Crippen LogP contribution in [0.2, 0.25) is 0 Å².